The zero-order chi connectivity index (χ0) is 24.4. The molecular formula is C25H30FN5O3. The van der Waals surface area contributed by atoms with Gasteiger partial charge >= 0.3 is 11.8 Å². The summed E-state index contributed by atoms with van der Waals surface area (Å²) < 4.78 is 23.4. The molecule has 34 heavy (non-hydrogen) atoms. The van der Waals surface area contributed by atoms with E-state index in [1.807, 2.05) is 25.7 Å². The van der Waals surface area contributed by atoms with Gasteiger partial charge in [-0.1, -0.05) is 0 Å². The van der Waals surface area contributed by atoms with E-state index in [0.29, 0.717) is 29.1 Å². The predicted octanol–water partition coefficient (Wildman–Crippen LogP) is 4.49. The molecule has 3 aromatic rings. The molecule has 1 aromatic carbocycles. The van der Waals surface area contributed by atoms with Crippen LogP contribution >= 0.6 is 0 Å². The highest BCUT2D eigenvalue weighted by Crippen LogP contribution is 2.45. The van der Waals surface area contributed by atoms with E-state index in [1.165, 1.54) is 4.57 Å². The summed E-state index contributed by atoms with van der Waals surface area (Å²) in [5, 5.41) is 4.92. The average Bonchev–Trinajstić information content (AvgIpc) is 3.32. The van der Waals surface area contributed by atoms with Crippen LogP contribution in [0.4, 0.5) is 9.18 Å². The molecule has 5 rings (SSSR count). The topological polar surface area (TPSA) is 85.2 Å². The lowest BCUT2D eigenvalue weighted by molar-refractivity contribution is -0.00973. The second-order valence-corrected chi connectivity index (χ2v) is 10.3. The Morgan fingerprint density at radius 2 is 1.91 bits per heavy atom. The number of ether oxygens (including phenoxy) is 1. The van der Waals surface area contributed by atoms with Gasteiger partial charge in [0.05, 0.1) is 17.4 Å². The Kier molecular flexibility index (Phi) is 5.18. The summed E-state index contributed by atoms with van der Waals surface area (Å²) in [6.45, 7) is 9.01. The van der Waals surface area contributed by atoms with Gasteiger partial charge in [-0.15, -0.1) is 0 Å². The zero-order valence-electron chi connectivity index (χ0n) is 20.2. The van der Waals surface area contributed by atoms with Crippen molar-refractivity contribution in [2.45, 2.75) is 78.0 Å². The van der Waals surface area contributed by atoms with Crippen molar-refractivity contribution in [3.05, 3.63) is 63.2 Å². The smallest absolute Gasteiger partial charge is 0.411 e. The molecule has 2 unspecified atom stereocenters. The van der Waals surface area contributed by atoms with Crippen LogP contribution in [0.3, 0.4) is 0 Å². The van der Waals surface area contributed by atoms with E-state index in [4.69, 9.17) is 9.84 Å². The van der Waals surface area contributed by atoms with E-state index in [9.17, 15) is 14.0 Å². The van der Waals surface area contributed by atoms with Gasteiger partial charge in [0.15, 0.2) is 0 Å². The lowest BCUT2D eigenvalue weighted by atomic mass is 9.83. The van der Waals surface area contributed by atoms with Crippen LogP contribution in [0.25, 0.3) is 11.5 Å². The van der Waals surface area contributed by atoms with Crippen molar-refractivity contribution in [2.24, 2.45) is 0 Å². The van der Waals surface area contributed by atoms with Crippen LogP contribution in [0.15, 0.2) is 29.3 Å². The first kappa shape index (κ1) is 22.4. The monoisotopic (exact) mass is 467 g/mol. The molecule has 1 fully saturated rings. The van der Waals surface area contributed by atoms with Crippen LogP contribution in [-0.4, -0.2) is 42.0 Å². The SMILES string of the molecule is Cc1cc(-n2nc3c(c2-n2cc[nH]c2=O)C2CCCC(C3)N2C(=O)OC(C)(C)C)cc(C)c1F. The van der Waals surface area contributed by atoms with Gasteiger partial charge in [-0.2, -0.15) is 5.10 Å². The third kappa shape index (κ3) is 3.63. The maximum Gasteiger partial charge on any atom is 0.411 e. The third-order valence-electron chi connectivity index (χ3n) is 6.63. The summed E-state index contributed by atoms with van der Waals surface area (Å²) in [6.07, 6.45) is 6.05. The molecule has 0 spiro atoms. The van der Waals surface area contributed by atoms with Crippen molar-refractivity contribution >= 4 is 6.09 Å². The maximum atomic E-state index is 14.4. The van der Waals surface area contributed by atoms with Gasteiger partial charge in [-0.05, 0) is 77.1 Å². The number of rotatable bonds is 2. The van der Waals surface area contributed by atoms with Gasteiger partial charge < -0.3 is 9.72 Å². The number of imidazole rings is 1. The van der Waals surface area contributed by atoms with Gasteiger partial charge in [0.2, 0.25) is 0 Å². The molecule has 180 valence electrons. The Morgan fingerprint density at radius 3 is 2.53 bits per heavy atom. The Bertz CT molecular complexity index is 1310. The number of aromatic amines is 1. The molecular weight excluding hydrogens is 437 g/mol. The first-order chi connectivity index (χ1) is 16.0. The molecule has 9 heteroatoms. The lowest BCUT2D eigenvalue weighted by Crippen LogP contribution is -2.51. The van der Waals surface area contributed by atoms with E-state index < -0.39 is 5.60 Å². The van der Waals surface area contributed by atoms with Crippen LogP contribution in [0.2, 0.25) is 0 Å². The molecule has 2 aromatic heterocycles. The maximum absolute atomic E-state index is 14.4. The number of aromatic nitrogens is 4. The number of benzene rings is 1. The van der Waals surface area contributed by atoms with Crippen molar-refractivity contribution in [1.29, 1.82) is 0 Å². The molecule has 0 aliphatic carbocycles. The number of nitrogens with zero attached hydrogens (tertiary/aromatic N) is 4. The van der Waals surface area contributed by atoms with Crippen molar-refractivity contribution < 1.29 is 13.9 Å². The number of carbonyl (C=O) groups is 1. The summed E-state index contributed by atoms with van der Waals surface area (Å²) in [5.41, 5.74) is 2.48. The summed E-state index contributed by atoms with van der Waals surface area (Å²) >= 11 is 0. The van der Waals surface area contributed by atoms with Gasteiger partial charge in [0.25, 0.3) is 0 Å². The van der Waals surface area contributed by atoms with Crippen molar-refractivity contribution in [3.63, 3.8) is 0 Å². The van der Waals surface area contributed by atoms with Crippen molar-refractivity contribution in [3.8, 4) is 11.5 Å². The standard InChI is InChI=1S/C25H30FN5O3/c1-14-11-17(12-15(2)21(14)26)31-22(29-10-9-27-23(29)32)20-18(28-31)13-16-7-6-8-19(20)30(16)24(33)34-25(3,4)5/h9-12,16,19H,6-8,13H2,1-5H3,(H,27,32). The highest BCUT2D eigenvalue weighted by Gasteiger charge is 2.45. The molecule has 1 amide bonds. The molecule has 8 nitrogen and oxygen atoms in total. The van der Waals surface area contributed by atoms with E-state index in [1.54, 1.807) is 43.1 Å². The normalized spacial score (nSPS) is 19.8. The van der Waals surface area contributed by atoms with Crippen molar-refractivity contribution in [2.75, 3.05) is 0 Å². The number of hydrogen-bond acceptors (Lipinski definition) is 4. The van der Waals surface area contributed by atoms with Crippen molar-refractivity contribution in [1.82, 2.24) is 24.2 Å². The van der Waals surface area contributed by atoms with E-state index in [2.05, 4.69) is 4.98 Å². The summed E-state index contributed by atoms with van der Waals surface area (Å²) in [6, 6.07) is 3.20. The fraction of sp³-hybridized carbons (Fsp3) is 0.480. The minimum atomic E-state index is -0.612. The van der Waals surface area contributed by atoms with Crippen LogP contribution in [-0.2, 0) is 11.2 Å². The summed E-state index contributed by atoms with van der Waals surface area (Å²) in [4.78, 5) is 30.6. The molecule has 2 atom stereocenters. The minimum absolute atomic E-state index is 0.0167. The molecule has 1 saturated heterocycles. The molecule has 2 aliphatic rings. The highest BCUT2D eigenvalue weighted by molar-refractivity contribution is 5.71. The Balaban J connectivity index is 1.72. The largest absolute Gasteiger partial charge is 0.444 e. The Morgan fingerprint density at radius 1 is 1.21 bits per heavy atom. The second-order valence-electron chi connectivity index (χ2n) is 10.3. The number of carbonyl (C=O) groups excluding carboxylic acids is 1. The summed E-state index contributed by atoms with van der Waals surface area (Å²) in [7, 11) is 0. The van der Waals surface area contributed by atoms with Gasteiger partial charge in [0, 0.05) is 30.4 Å². The Labute approximate surface area is 197 Å². The number of aryl methyl sites for hydroxylation is 2. The predicted molar refractivity (Wildman–Crippen MR) is 125 cm³/mol. The first-order valence-corrected chi connectivity index (χ1v) is 11.7. The number of H-pyrrole nitrogens is 1. The molecule has 0 radical (unpaired) electrons. The minimum Gasteiger partial charge on any atom is -0.444 e. The Hall–Kier alpha value is -3.36. The number of nitrogens with one attached hydrogen (secondary N) is 1. The number of piperidine rings is 1. The van der Waals surface area contributed by atoms with E-state index >= 15 is 0 Å². The fourth-order valence-electron chi connectivity index (χ4n) is 5.28. The molecule has 2 aliphatic heterocycles. The van der Waals surface area contributed by atoms with Gasteiger partial charge in [-0.25, -0.2) is 18.7 Å². The number of halogens is 1. The van der Waals surface area contributed by atoms with Crippen LogP contribution in [0.5, 0.6) is 0 Å². The quantitative estimate of drug-likeness (QED) is 0.602. The number of amides is 1. The zero-order valence-corrected chi connectivity index (χ0v) is 20.2. The molecule has 2 bridgehead atoms. The second kappa shape index (κ2) is 7.85. The van der Waals surface area contributed by atoms with E-state index in [0.717, 1.165) is 30.5 Å². The molecule has 4 heterocycles. The van der Waals surface area contributed by atoms with Gasteiger partial charge in [0.1, 0.15) is 17.2 Å². The highest BCUT2D eigenvalue weighted by atomic mass is 19.1. The number of hydrogen-bond donors (Lipinski definition) is 1. The van der Waals surface area contributed by atoms with E-state index in [-0.39, 0.29) is 29.7 Å². The lowest BCUT2D eigenvalue weighted by Gasteiger charge is -2.45. The molecule has 1 N–H and O–H groups in total. The van der Waals surface area contributed by atoms with Crippen LogP contribution in [0.1, 0.15) is 68.5 Å². The fourth-order valence-corrected chi connectivity index (χ4v) is 5.28. The average molecular weight is 468 g/mol. The van der Waals surface area contributed by atoms with Crippen LogP contribution in [0, 0.1) is 19.7 Å². The number of fused-ring (bicyclic) bond motifs is 4. The summed E-state index contributed by atoms with van der Waals surface area (Å²) in [5.74, 6) is 0.318. The molecule has 0 saturated carbocycles. The third-order valence-corrected chi connectivity index (χ3v) is 6.63. The first-order valence-electron chi connectivity index (χ1n) is 11.7. The van der Waals surface area contributed by atoms with Crippen LogP contribution < -0.4 is 5.69 Å². The van der Waals surface area contributed by atoms with Gasteiger partial charge in [-0.3, -0.25) is 9.47 Å².